The molecule has 0 aromatic heterocycles. The van der Waals surface area contributed by atoms with Crippen molar-refractivity contribution in [2.75, 3.05) is 46.8 Å². The molecule has 8 nitrogen and oxygen atoms in total. The monoisotopic (exact) mass is 408 g/mol. The molecule has 2 atom stereocenters. The number of carbonyl (C=O) groups is 2. The third kappa shape index (κ3) is 4.06. The van der Waals surface area contributed by atoms with Crippen LogP contribution in [0.15, 0.2) is 30.3 Å². The fourth-order valence-electron chi connectivity index (χ4n) is 3.81. The highest BCUT2D eigenvalue weighted by molar-refractivity contribution is 7.86. The van der Waals surface area contributed by atoms with E-state index in [-0.39, 0.29) is 43.3 Å². The summed E-state index contributed by atoms with van der Waals surface area (Å²) in [5.41, 5.74) is 1.05. The lowest BCUT2D eigenvalue weighted by Crippen LogP contribution is -2.54. The zero-order valence-electron chi connectivity index (χ0n) is 16.6. The van der Waals surface area contributed by atoms with Crippen LogP contribution in [0.2, 0.25) is 0 Å². The Bertz CT molecular complexity index is 820. The van der Waals surface area contributed by atoms with Crippen molar-refractivity contribution in [3.63, 3.8) is 0 Å². The number of nitrogens with zero attached hydrogens (tertiary/aromatic N) is 4. The van der Waals surface area contributed by atoms with Gasteiger partial charge in [0, 0.05) is 53.2 Å². The molecule has 154 valence electrons. The molecule has 2 heterocycles. The molecule has 2 aliphatic rings. The first-order chi connectivity index (χ1) is 13.2. The SMILES string of the molecule is CC(c1ccccc1)N1CC(C(=O)N2CCN(S(=O)(=O)N(C)C)CC2)CC1=O. The number of rotatable bonds is 5. The number of hydrogen-bond donors (Lipinski definition) is 0. The van der Waals surface area contributed by atoms with Gasteiger partial charge in [-0.2, -0.15) is 17.0 Å². The van der Waals surface area contributed by atoms with Gasteiger partial charge in [-0.15, -0.1) is 0 Å². The number of likely N-dealkylation sites (tertiary alicyclic amines) is 1. The number of amides is 2. The van der Waals surface area contributed by atoms with Crippen molar-refractivity contribution in [2.24, 2.45) is 5.92 Å². The minimum absolute atomic E-state index is 0.0106. The highest BCUT2D eigenvalue weighted by Gasteiger charge is 2.40. The fourth-order valence-corrected chi connectivity index (χ4v) is 4.90. The zero-order chi connectivity index (χ0) is 20.5. The first kappa shape index (κ1) is 20.8. The summed E-state index contributed by atoms with van der Waals surface area (Å²) in [4.78, 5) is 28.9. The maximum atomic E-state index is 12.9. The Morgan fingerprint density at radius 1 is 1.11 bits per heavy atom. The van der Waals surface area contributed by atoms with Gasteiger partial charge in [0.25, 0.3) is 10.2 Å². The summed E-state index contributed by atoms with van der Waals surface area (Å²) in [7, 11) is -0.462. The molecule has 9 heteroatoms. The highest BCUT2D eigenvalue weighted by atomic mass is 32.2. The maximum absolute atomic E-state index is 12.9. The van der Waals surface area contributed by atoms with E-state index >= 15 is 0 Å². The van der Waals surface area contributed by atoms with Crippen molar-refractivity contribution in [1.82, 2.24) is 18.4 Å². The van der Waals surface area contributed by atoms with Crippen LogP contribution in [-0.2, 0) is 19.8 Å². The molecular weight excluding hydrogens is 380 g/mol. The molecule has 2 unspecified atom stereocenters. The first-order valence-corrected chi connectivity index (χ1v) is 10.9. The summed E-state index contributed by atoms with van der Waals surface area (Å²) in [6, 6.07) is 9.71. The predicted octanol–water partition coefficient (Wildman–Crippen LogP) is 0.547. The van der Waals surface area contributed by atoms with Crippen LogP contribution in [0.25, 0.3) is 0 Å². The van der Waals surface area contributed by atoms with Crippen molar-refractivity contribution >= 4 is 22.0 Å². The highest BCUT2D eigenvalue weighted by Crippen LogP contribution is 2.29. The molecule has 0 bridgehead atoms. The van der Waals surface area contributed by atoms with Gasteiger partial charge in [-0.1, -0.05) is 30.3 Å². The number of carbonyl (C=O) groups excluding carboxylic acids is 2. The lowest BCUT2D eigenvalue weighted by Gasteiger charge is -2.36. The summed E-state index contributed by atoms with van der Waals surface area (Å²) in [6.45, 7) is 3.64. The van der Waals surface area contributed by atoms with Crippen LogP contribution in [0.1, 0.15) is 24.9 Å². The molecule has 2 amide bonds. The quantitative estimate of drug-likeness (QED) is 0.712. The molecule has 2 saturated heterocycles. The van der Waals surface area contributed by atoms with Gasteiger partial charge in [0.2, 0.25) is 11.8 Å². The molecule has 0 N–H and O–H groups in total. The first-order valence-electron chi connectivity index (χ1n) is 9.52. The van der Waals surface area contributed by atoms with E-state index in [4.69, 9.17) is 0 Å². The fraction of sp³-hybridized carbons (Fsp3) is 0.579. The molecule has 0 spiro atoms. The molecular formula is C19H28N4O4S. The second-order valence-electron chi connectivity index (χ2n) is 7.55. The summed E-state index contributed by atoms with van der Waals surface area (Å²) >= 11 is 0. The summed E-state index contributed by atoms with van der Waals surface area (Å²) in [5.74, 6) is -0.433. The van der Waals surface area contributed by atoms with Crippen molar-refractivity contribution < 1.29 is 18.0 Å². The van der Waals surface area contributed by atoms with Gasteiger partial charge >= 0.3 is 0 Å². The van der Waals surface area contributed by atoms with Crippen molar-refractivity contribution in [3.05, 3.63) is 35.9 Å². The Hall–Kier alpha value is -1.97. The molecule has 0 saturated carbocycles. The van der Waals surface area contributed by atoms with Crippen molar-refractivity contribution in [1.29, 1.82) is 0 Å². The van der Waals surface area contributed by atoms with E-state index < -0.39 is 10.2 Å². The Balaban J connectivity index is 1.60. The van der Waals surface area contributed by atoms with Crippen molar-refractivity contribution in [3.8, 4) is 0 Å². The largest absolute Gasteiger partial charge is 0.340 e. The molecule has 2 fully saturated rings. The Morgan fingerprint density at radius 2 is 1.71 bits per heavy atom. The topological polar surface area (TPSA) is 81.2 Å². The second-order valence-corrected chi connectivity index (χ2v) is 9.69. The standard InChI is InChI=1S/C19H28N4O4S/c1-15(16-7-5-4-6-8-16)23-14-17(13-18(23)24)19(25)21-9-11-22(12-10-21)28(26,27)20(2)3/h4-8,15,17H,9-14H2,1-3H3. The smallest absolute Gasteiger partial charge is 0.281 e. The molecule has 28 heavy (non-hydrogen) atoms. The molecule has 1 aromatic carbocycles. The van der Waals surface area contributed by atoms with E-state index in [1.165, 1.54) is 22.7 Å². The Morgan fingerprint density at radius 3 is 2.29 bits per heavy atom. The zero-order valence-corrected chi connectivity index (χ0v) is 17.4. The normalized spacial score (nSPS) is 22.7. The number of hydrogen-bond acceptors (Lipinski definition) is 4. The van der Waals surface area contributed by atoms with Gasteiger partial charge in [-0.25, -0.2) is 0 Å². The lowest BCUT2D eigenvalue weighted by molar-refractivity contribution is -0.137. The van der Waals surface area contributed by atoms with Gasteiger partial charge in [0.1, 0.15) is 0 Å². The van der Waals surface area contributed by atoms with Crippen LogP contribution in [0, 0.1) is 5.92 Å². The van der Waals surface area contributed by atoms with Crippen LogP contribution in [0.3, 0.4) is 0 Å². The van der Waals surface area contributed by atoms with E-state index in [2.05, 4.69) is 0 Å². The minimum atomic E-state index is -3.46. The number of piperazine rings is 1. The van der Waals surface area contributed by atoms with Crippen LogP contribution in [-0.4, -0.2) is 85.5 Å². The third-order valence-electron chi connectivity index (χ3n) is 5.60. The lowest BCUT2D eigenvalue weighted by atomic mass is 10.1. The van der Waals surface area contributed by atoms with Crippen LogP contribution >= 0.6 is 0 Å². The maximum Gasteiger partial charge on any atom is 0.281 e. The molecule has 3 rings (SSSR count). The average molecular weight is 409 g/mol. The minimum Gasteiger partial charge on any atom is -0.340 e. The van der Waals surface area contributed by atoms with Gasteiger partial charge in [-0.3, -0.25) is 9.59 Å². The van der Waals surface area contributed by atoms with Gasteiger partial charge in [-0.05, 0) is 12.5 Å². The van der Waals surface area contributed by atoms with E-state index in [9.17, 15) is 18.0 Å². The van der Waals surface area contributed by atoms with Crippen LogP contribution in [0.5, 0.6) is 0 Å². The summed E-state index contributed by atoms with van der Waals surface area (Å²) < 4.78 is 27.0. The summed E-state index contributed by atoms with van der Waals surface area (Å²) in [5, 5.41) is 0. The van der Waals surface area contributed by atoms with E-state index in [1.54, 1.807) is 9.80 Å². The van der Waals surface area contributed by atoms with Crippen LogP contribution in [0.4, 0.5) is 0 Å². The van der Waals surface area contributed by atoms with Crippen molar-refractivity contribution in [2.45, 2.75) is 19.4 Å². The van der Waals surface area contributed by atoms with Gasteiger partial charge in [0.05, 0.1) is 12.0 Å². The molecule has 2 aliphatic heterocycles. The van der Waals surface area contributed by atoms with E-state index in [0.29, 0.717) is 19.6 Å². The van der Waals surface area contributed by atoms with E-state index in [0.717, 1.165) is 5.56 Å². The second kappa shape index (κ2) is 8.18. The average Bonchev–Trinajstić information content (AvgIpc) is 3.09. The Labute approximate surface area is 166 Å². The van der Waals surface area contributed by atoms with Gasteiger partial charge in [0.15, 0.2) is 0 Å². The predicted molar refractivity (Wildman–Crippen MR) is 105 cm³/mol. The Kier molecular flexibility index (Phi) is 6.07. The summed E-state index contributed by atoms with van der Waals surface area (Å²) in [6.07, 6.45) is 0.215. The molecule has 0 aliphatic carbocycles. The van der Waals surface area contributed by atoms with Gasteiger partial charge < -0.3 is 9.80 Å². The molecule has 1 aromatic rings. The third-order valence-corrected chi connectivity index (χ3v) is 7.54. The van der Waals surface area contributed by atoms with E-state index in [1.807, 2.05) is 37.3 Å². The number of benzene rings is 1. The molecule has 0 radical (unpaired) electrons. The van der Waals surface area contributed by atoms with Crippen LogP contribution < -0.4 is 0 Å².